The van der Waals surface area contributed by atoms with Crippen molar-refractivity contribution in [3.05, 3.63) is 29.8 Å². The molecule has 0 radical (unpaired) electrons. The number of carbonyl (C=O) groups is 1. The Morgan fingerprint density at radius 2 is 1.95 bits per heavy atom. The SMILES string of the molecule is Cc1ccc(S(=O)(=O)OC[C@H]2CC[C@@H]3OC(=O)C[C@H]23)cc1. The first kappa shape index (κ1) is 14.5. The molecule has 1 aromatic carbocycles. The minimum Gasteiger partial charge on any atom is -0.462 e. The van der Waals surface area contributed by atoms with Gasteiger partial charge in [-0.25, -0.2) is 0 Å². The third-order valence-electron chi connectivity index (χ3n) is 4.34. The van der Waals surface area contributed by atoms with Gasteiger partial charge in [0.05, 0.1) is 17.9 Å². The van der Waals surface area contributed by atoms with E-state index in [-0.39, 0.29) is 35.4 Å². The fourth-order valence-corrected chi connectivity index (χ4v) is 4.08. The second kappa shape index (κ2) is 5.42. The molecule has 2 aliphatic rings. The lowest BCUT2D eigenvalue weighted by atomic mass is 9.94. The number of hydrogen-bond donors (Lipinski definition) is 0. The highest BCUT2D eigenvalue weighted by molar-refractivity contribution is 7.86. The first-order chi connectivity index (χ1) is 9.95. The van der Waals surface area contributed by atoms with E-state index < -0.39 is 10.1 Å². The van der Waals surface area contributed by atoms with Crippen LogP contribution in [-0.4, -0.2) is 27.1 Å². The number of rotatable bonds is 4. The molecule has 0 amide bonds. The van der Waals surface area contributed by atoms with E-state index in [1.165, 1.54) is 0 Å². The topological polar surface area (TPSA) is 69.7 Å². The minimum absolute atomic E-state index is 0.0480. The van der Waals surface area contributed by atoms with Gasteiger partial charge in [-0.2, -0.15) is 8.42 Å². The Morgan fingerprint density at radius 1 is 1.24 bits per heavy atom. The van der Waals surface area contributed by atoms with Gasteiger partial charge in [-0.15, -0.1) is 0 Å². The van der Waals surface area contributed by atoms with Crippen LogP contribution in [0.4, 0.5) is 0 Å². The maximum atomic E-state index is 12.1. The van der Waals surface area contributed by atoms with Gasteiger partial charge in [-0.3, -0.25) is 8.98 Å². The van der Waals surface area contributed by atoms with Crippen molar-refractivity contribution in [2.75, 3.05) is 6.61 Å². The molecule has 0 unspecified atom stereocenters. The summed E-state index contributed by atoms with van der Waals surface area (Å²) in [5.41, 5.74) is 0.995. The van der Waals surface area contributed by atoms with Crippen molar-refractivity contribution in [1.82, 2.24) is 0 Å². The molecule has 1 saturated carbocycles. The number of benzene rings is 1. The molecule has 1 aliphatic heterocycles. The molecule has 6 heteroatoms. The molecule has 0 bridgehead atoms. The summed E-state index contributed by atoms with van der Waals surface area (Å²) in [5, 5.41) is 0. The van der Waals surface area contributed by atoms with Crippen LogP contribution in [0.1, 0.15) is 24.8 Å². The van der Waals surface area contributed by atoms with Gasteiger partial charge >= 0.3 is 5.97 Å². The number of ether oxygens (including phenoxy) is 1. The van der Waals surface area contributed by atoms with Crippen molar-refractivity contribution in [3.8, 4) is 0 Å². The van der Waals surface area contributed by atoms with Crippen molar-refractivity contribution in [2.24, 2.45) is 11.8 Å². The van der Waals surface area contributed by atoms with Crippen LogP contribution in [0.3, 0.4) is 0 Å². The highest BCUT2D eigenvalue weighted by atomic mass is 32.2. The van der Waals surface area contributed by atoms with E-state index in [1.807, 2.05) is 6.92 Å². The van der Waals surface area contributed by atoms with Crippen molar-refractivity contribution in [2.45, 2.75) is 37.2 Å². The second-order valence-corrected chi connectivity index (χ2v) is 7.40. The molecular weight excluding hydrogens is 292 g/mol. The quantitative estimate of drug-likeness (QED) is 0.629. The number of esters is 1. The highest BCUT2D eigenvalue weighted by Crippen LogP contribution is 2.41. The number of aryl methyl sites for hydroxylation is 1. The second-order valence-electron chi connectivity index (χ2n) is 5.79. The molecule has 1 heterocycles. The van der Waals surface area contributed by atoms with Gasteiger partial charge in [-0.05, 0) is 37.8 Å². The van der Waals surface area contributed by atoms with Crippen molar-refractivity contribution in [1.29, 1.82) is 0 Å². The molecule has 114 valence electrons. The maximum Gasteiger partial charge on any atom is 0.306 e. The monoisotopic (exact) mass is 310 g/mol. The van der Waals surface area contributed by atoms with E-state index in [9.17, 15) is 13.2 Å². The van der Waals surface area contributed by atoms with Gasteiger partial charge < -0.3 is 4.74 Å². The lowest BCUT2D eigenvalue weighted by Gasteiger charge is -2.16. The van der Waals surface area contributed by atoms with Crippen molar-refractivity contribution >= 4 is 16.1 Å². The molecule has 1 aromatic rings. The van der Waals surface area contributed by atoms with Crippen molar-refractivity contribution in [3.63, 3.8) is 0 Å². The molecule has 3 rings (SSSR count). The summed E-state index contributed by atoms with van der Waals surface area (Å²) in [6.45, 7) is 2.01. The summed E-state index contributed by atoms with van der Waals surface area (Å²) in [6, 6.07) is 6.57. The van der Waals surface area contributed by atoms with Crippen LogP contribution in [0.25, 0.3) is 0 Å². The normalized spacial score (nSPS) is 28.4. The van der Waals surface area contributed by atoms with E-state index in [0.29, 0.717) is 6.42 Å². The average Bonchev–Trinajstić information content (AvgIpc) is 2.96. The number of carbonyl (C=O) groups excluding carboxylic acids is 1. The van der Waals surface area contributed by atoms with E-state index in [2.05, 4.69) is 0 Å². The maximum absolute atomic E-state index is 12.1. The molecule has 21 heavy (non-hydrogen) atoms. The van der Waals surface area contributed by atoms with Gasteiger partial charge in [0, 0.05) is 5.92 Å². The summed E-state index contributed by atoms with van der Waals surface area (Å²) < 4.78 is 34.7. The Labute approximate surface area is 124 Å². The van der Waals surface area contributed by atoms with E-state index in [4.69, 9.17) is 8.92 Å². The summed E-state index contributed by atoms with van der Waals surface area (Å²) in [4.78, 5) is 11.4. The lowest BCUT2D eigenvalue weighted by Crippen LogP contribution is -2.20. The molecule has 5 nitrogen and oxygen atoms in total. The molecule has 3 atom stereocenters. The summed E-state index contributed by atoms with van der Waals surface area (Å²) in [6.07, 6.45) is 1.97. The molecule has 0 spiro atoms. The van der Waals surface area contributed by atoms with Gasteiger partial charge in [0.1, 0.15) is 6.10 Å². The zero-order valence-corrected chi connectivity index (χ0v) is 12.6. The number of hydrogen-bond acceptors (Lipinski definition) is 5. The number of fused-ring (bicyclic) bond motifs is 1. The Kier molecular flexibility index (Phi) is 3.75. The van der Waals surface area contributed by atoms with E-state index >= 15 is 0 Å². The van der Waals surface area contributed by atoms with Crippen LogP contribution in [0.5, 0.6) is 0 Å². The Bertz CT molecular complexity index is 635. The molecule has 1 saturated heterocycles. The van der Waals surface area contributed by atoms with Gasteiger partial charge in [0.2, 0.25) is 0 Å². The Balaban J connectivity index is 1.64. The van der Waals surface area contributed by atoms with Crippen LogP contribution in [-0.2, 0) is 23.8 Å². The van der Waals surface area contributed by atoms with Crippen LogP contribution in [0.2, 0.25) is 0 Å². The summed E-state index contributed by atoms with van der Waals surface area (Å²) in [7, 11) is -3.73. The molecule has 0 aromatic heterocycles. The molecule has 1 aliphatic carbocycles. The van der Waals surface area contributed by atoms with Gasteiger partial charge in [0.25, 0.3) is 10.1 Å². The smallest absolute Gasteiger partial charge is 0.306 e. The summed E-state index contributed by atoms with van der Waals surface area (Å²) in [5.74, 6) is -0.0107. The van der Waals surface area contributed by atoms with Gasteiger partial charge in [-0.1, -0.05) is 17.7 Å². The minimum atomic E-state index is -3.73. The van der Waals surface area contributed by atoms with E-state index in [1.54, 1.807) is 24.3 Å². The zero-order chi connectivity index (χ0) is 15.0. The Hall–Kier alpha value is -1.40. The predicted octanol–water partition coefficient (Wildman–Crippen LogP) is 2.04. The third kappa shape index (κ3) is 2.96. The zero-order valence-electron chi connectivity index (χ0n) is 11.8. The predicted molar refractivity (Wildman–Crippen MR) is 75.0 cm³/mol. The largest absolute Gasteiger partial charge is 0.462 e. The first-order valence-electron chi connectivity index (χ1n) is 7.11. The molecule has 2 fully saturated rings. The van der Waals surface area contributed by atoms with Crippen LogP contribution >= 0.6 is 0 Å². The standard InChI is InChI=1S/C15H18O5S/c1-10-2-5-12(6-3-10)21(17,18)19-9-11-4-7-14-13(11)8-15(16)20-14/h2-3,5-6,11,13-14H,4,7-9H2,1H3/t11-,13-,14+/m1/s1. The lowest BCUT2D eigenvalue weighted by molar-refractivity contribution is -0.141. The Morgan fingerprint density at radius 3 is 2.67 bits per heavy atom. The van der Waals surface area contributed by atoms with Crippen molar-refractivity contribution < 1.29 is 22.1 Å². The fraction of sp³-hybridized carbons (Fsp3) is 0.533. The first-order valence-corrected chi connectivity index (χ1v) is 8.52. The molecular formula is C15H18O5S. The average molecular weight is 310 g/mol. The highest BCUT2D eigenvalue weighted by Gasteiger charge is 2.45. The van der Waals surface area contributed by atoms with E-state index in [0.717, 1.165) is 18.4 Å². The fourth-order valence-electron chi connectivity index (χ4n) is 3.12. The van der Waals surface area contributed by atoms with Crippen LogP contribution < -0.4 is 0 Å². The summed E-state index contributed by atoms with van der Waals surface area (Å²) >= 11 is 0. The van der Waals surface area contributed by atoms with Crippen LogP contribution in [0.15, 0.2) is 29.2 Å². The van der Waals surface area contributed by atoms with Gasteiger partial charge in [0.15, 0.2) is 0 Å². The van der Waals surface area contributed by atoms with Crippen LogP contribution in [0, 0.1) is 18.8 Å². The third-order valence-corrected chi connectivity index (χ3v) is 5.63. The molecule has 0 N–H and O–H groups in total.